The van der Waals surface area contributed by atoms with Crippen LogP contribution in [0.2, 0.25) is 0 Å². The average Bonchev–Trinajstić information content (AvgIpc) is 2.32. The third-order valence-corrected chi connectivity index (χ3v) is 2.44. The van der Waals surface area contributed by atoms with E-state index < -0.39 is 0 Å². The van der Waals surface area contributed by atoms with E-state index in [4.69, 9.17) is 0 Å². The van der Waals surface area contributed by atoms with Crippen LogP contribution >= 0.6 is 0 Å². The normalized spacial score (nSPS) is 10.1. The van der Waals surface area contributed by atoms with Crippen LogP contribution in [0, 0.1) is 11.9 Å². The number of benzene rings is 2. The van der Waals surface area contributed by atoms with Crippen molar-refractivity contribution >= 4 is 0 Å². The zero-order chi connectivity index (χ0) is 11.4. The van der Waals surface area contributed by atoms with Crippen LogP contribution in [0.4, 0.5) is 4.39 Å². The van der Waals surface area contributed by atoms with Gasteiger partial charge in [0.15, 0.2) is 0 Å². The lowest BCUT2D eigenvalue weighted by Crippen LogP contribution is -1.88. The standard InChI is InChI=1S/C15H12F/c1-2-5-12-6-3-4-7-15(12)13-8-10-14(16)11-9-13/h2-4,6,8-11H,1,5H2. The average molecular weight is 211 g/mol. The number of hydrogen-bond acceptors (Lipinski definition) is 0. The van der Waals surface area contributed by atoms with Gasteiger partial charge in [-0.2, -0.15) is 0 Å². The van der Waals surface area contributed by atoms with Gasteiger partial charge in [-0.15, -0.1) is 6.58 Å². The van der Waals surface area contributed by atoms with Crippen molar-refractivity contribution in [3.05, 3.63) is 72.6 Å². The number of halogens is 1. The first-order chi connectivity index (χ1) is 7.81. The van der Waals surface area contributed by atoms with Gasteiger partial charge in [0.25, 0.3) is 0 Å². The topological polar surface area (TPSA) is 0 Å². The molecule has 0 aliphatic heterocycles. The highest BCUT2D eigenvalue weighted by molar-refractivity contribution is 5.66. The maximum atomic E-state index is 12.8. The molecule has 0 aromatic heterocycles. The van der Waals surface area contributed by atoms with Crippen LogP contribution < -0.4 is 0 Å². The summed E-state index contributed by atoms with van der Waals surface area (Å²) in [5.74, 6) is -0.218. The van der Waals surface area contributed by atoms with Crippen molar-refractivity contribution in [1.82, 2.24) is 0 Å². The molecular formula is C15H12F. The Bertz CT molecular complexity index is 483. The van der Waals surface area contributed by atoms with Gasteiger partial charge in [-0.3, -0.25) is 0 Å². The second-order valence-electron chi connectivity index (χ2n) is 3.57. The lowest BCUT2D eigenvalue weighted by molar-refractivity contribution is 0.628. The summed E-state index contributed by atoms with van der Waals surface area (Å²) in [6.45, 7) is 3.73. The van der Waals surface area contributed by atoms with E-state index in [1.165, 1.54) is 12.1 Å². The SMILES string of the molecule is C=CCc1ccc[c]c1-c1ccc(F)cc1. The van der Waals surface area contributed by atoms with Gasteiger partial charge in [0, 0.05) is 0 Å². The Labute approximate surface area is 95.1 Å². The van der Waals surface area contributed by atoms with E-state index in [-0.39, 0.29) is 5.82 Å². The summed E-state index contributed by atoms with van der Waals surface area (Å²) in [6.07, 6.45) is 2.65. The van der Waals surface area contributed by atoms with Gasteiger partial charge < -0.3 is 0 Å². The zero-order valence-electron chi connectivity index (χ0n) is 8.91. The first-order valence-corrected chi connectivity index (χ1v) is 5.17. The Balaban J connectivity index is 2.46. The van der Waals surface area contributed by atoms with E-state index in [0.717, 1.165) is 23.1 Å². The van der Waals surface area contributed by atoms with E-state index in [1.54, 1.807) is 12.1 Å². The summed E-state index contributed by atoms with van der Waals surface area (Å²) >= 11 is 0. The predicted octanol–water partition coefficient (Wildman–Crippen LogP) is 4.02. The van der Waals surface area contributed by atoms with Gasteiger partial charge in [-0.05, 0) is 41.3 Å². The van der Waals surface area contributed by atoms with E-state index >= 15 is 0 Å². The molecule has 0 heterocycles. The summed E-state index contributed by atoms with van der Waals surface area (Å²) in [6, 6.07) is 15.5. The molecule has 0 unspecified atom stereocenters. The molecule has 0 aliphatic carbocycles. The van der Waals surface area contributed by atoms with E-state index in [1.807, 2.05) is 24.3 Å². The number of rotatable bonds is 3. The van der Waals surface area contributed by atoms with Gasteiger partial charge in [0.05, 0.1) is 0 Å². The molecule has 2 aromatic rings. The maximum Gasteiger partial charge on any atom is 0.123 e. The third-order valence-electron chi connectivity index (χ3n) is 2.44. The highest BCUT2D eigenvalue weighted by atomic mass is 19.1. The first kappa shape index (κ1) is 10.6. The van der Waals surface area contributed by atoms with Crippen LogP contribution in [-0.4, -0.2) is 0 Å². The van der Waals surface area contributed by atoms with E-state index in [2.05, 4.69) is 12.6 Å². The Hall–Kier alpha value is -1.89. The molecule has 0 bridgehead atoms. The molecule has 0 aliphatic rings. The molecule has 0 spiro atoms. The molecule has 0 N–H and O–H groups in total. The molecule has 0 atom stereocenters. The quantitative estimate of drug-likeness (QED) is 0.672. The molecule has 0 amide bonds. The maximum absolute atomic E-state index is 12.8. The van der Waals surface area contributed by atoms with Crippen LogP contribution in [-0.2, 0) is 6.42 Å². The minimum Gasteiger partial charge on any atom is -0.207 e. The van der Waals surface area contributed by atoms with Crippen LogP contribution in [0.15, 0.2) is 55.1 Å². The largest absolute Gasteiger partial charge is 0.207 e. The summed E-state index contributed by atoms with van der Waals surface area (Å²) < 4.78 is 12.8. The van der Waals surface area contributed by atoms with Crippen molar-refractivity contribution in [2.45, 2.75) is 6.42 Å². The lowest BCUT2D eigenvalue weighted by Gasteiger charge is -2.07. The van der Waals surface area contributed by atoms with Gasteiger partial charge >= 0.3 is 0 Å². The Morgan fingerprint density at radius 2 is 1.94 bits per heavy atom. The van der Waals surface area contributed by atoms with E-state index in [0.29, 0.717) is 0 Å². The van der Waals surface area contributed by atoms with Crippen molar-refractivity contribution in [2.75, 3.05) is 0 Å². The molecule has 16 heavy (non-hydrogen) atoms. The molecule has 0 saturated heterocycles. The molecule has 1 heteroatoms. The summed E-state index contributed by atoms with van der Waals surface area (Å²) in [5.41, 5.74) is 3.16. The van der Waals surface area contributed by atoms with Crippen molar-refractivity contribution in [2.24, 2.45) is 0 Å². The van der Waals surface area contributed by atoms with Gasteiger partial charge in [0.2, 0.25) is 0 Å². The molecule has 2 rings (SSSR count). The van der Waals surface area contributed by atoms with Crippen LogP contribution in [0.1, 0.15) is 5.56 Å². The summed E-state index contributed by atoms with van der Waals surface area (Å²) in [4.78, 5) is 0. The number of hydrogen-bond donors (Lipinski definition) is 0. The van der Waals surface area contributed by atoms with Crippen molar-refractivity contribution < 1.29 is 4.39 Å². The molecule has 1 radical (unpaired) electrons. The minimum absolute atomic E-state index is 0.218. The van der Waals surface area contributed by atoms with Crippen molar-refractivity contribution in [3.63, 3.8) is 0 Å². The third kappa shape index (κ3) is 2.19. The Kier molecular flexibility index (Phi) is 3.16. The molecular weight excluding hydrogens is 199 g/mol. The van der Waals surface area contributed by atoms with E-state index in [9.17, 15) is 4.39 Å². The van der Waals surface area contributed by atoms with Crippen LogP contribution in [0.3, 0.4) is 0 Å². The number of allylic oxidation sites excluding steroid dienone is 1. The second-order valence-corrected chi connectivity index (χ2v) is 3.57. The highest BCUT2D eigenvalue weighted by Crippen LogP contribution is 2.23. The molecule has 0 fully saturated rings. The smallest absolute Gasteiger partial charge is 0.123 e. The molecule has 79 valence electrons. The predicted molar refractivity (Wildman–Crippen MR) is 64.6 cm³/mol. The van der Waals surface area contributed by atoms with Gasteiger partial charge in [0.1, 0.15) is 5.82 Å². The highest BCUT2D eigenvalue weighted by Gasteiger charge is 2.03. The minimum atomic E-state index is -0.218. The molecule has 0 saturated carbocycles. The fourth-order valence-corrected chi connectivity index (χ4v) is 1.68. The summed E-state index contributed by atoms with van der Waals surface area (Å²) in [5, 5.41) is 0. The second kappa shape index (κ2) is 4.75. The Morgan fingerprint density at radius 1 is 1.19 bits per heavy atom. The zero-order valence-corrected chi connectivity index (χ0v) is 8.91. The van der Waals surface area contributed by atoms with Crippen molar-refractivity contribution in [1.29, 1.82) is 0 Å². The monoisotopic (exact) mass is 211 g/mol. The Morgan fingerprint density at radius 3 is 2.62 bits per heavy atom. The van der Waals surface area contributed by atoms with Crippen LogP contribution in [0.25, 0.3) is 11.1 Å². The van der Waals surface area contributed by atoms with Crippen molar-refractivity contribution in [3.8, 4) is 11.1 Å². The lowest BCUT2D eigenvalue weighted by atomic mass is 9.98. The molecule has 0 nitrogen and oxygen atoms in total. The van der Waals surface area contributed by atoms with Gasteiger partial charge in [-0.1, -0.05) is 36.4 Å². The fraction of sp³-hybridized carbons (Fsp3) is 0.0667. The first-order valence-electron chi connectivity index (χ1n) is 5.17. The summed E-state index contributed by atoms with van der Waals surface area (Å²) in [7, 11) is 0. The fourth-order valence-electron chi connectivity index (χ4n) is 1.68. The molecule has 2 aromatic carbocycles. The van der Waals surface area contributed by atoms with Crippen LogP contribution in [0.5, 0.6) is 0 Å². The van der Waals surface area contributed by atoms with Gasteiger partial charge in [-0.25, -0.2) is 4.39 Å².